The van der Waals surface area contributed by atoms with Gasteiger partial charge in [0, 0.05) is 40.8 Å². The van der Waals surface area contributed by atoms with Crippen LogP contribution in [-0.4, -0.2) is 46.9 Å². The average Bonchev–Trinajstić information content (AvgIpc) is 2.90. The first-order valence-electron chi connectivity index (χ1n) is 19.0. The fourth-order valence-electron chi connectivity index (χ4n) is 9.11. The van der Waals surface area contributed by atoms with Gasteiger partial charge in [0.05, 0.1) is 9.79 Å². The maximum Gasteiger partial charge on any atom is 0.412 e. The van der Waals surface area contributed by atoms with Crippen LogP contribution in [-0.2, 0) is 10.8 Å². The molecule has 3 amide bonds. The molecule has 9 heteroatoms. The Balaban J connectivity index is 1.51. The van der Waals surface area contributed by atoms with Crippen molar-refractivity contribution in [2.75, 3.05) is 6.54 Å². The highest BCUT2D eigenvalue weighted by atomic mass is 32.2. The van der Waals surface area contributed by atoms with Crippen LogP contribution in [0.4, 0.5) is 9.59 Å². The molecule has 5 N–H and O–H groups in total. The van der Waals surface area contributed by atoms with Gasteiger partial charge < -0.3 is 31.1 Å². The Kier molecular flexibility index (Phi) is 11.9. The summed E-state index contributed by atoms with van der Waals surface area (Å²) < 4.78 is 6.26. The molecule has 52 heavy (non-hydrogen) atoms. The van der Waals surface area contributed by atoms with E-state index in [4.69, 9.17) is 4.74 Å². The van der Waals surface area contributed by atoms with E-state index in [0.29, 0.717) is 12.3 Å². The van der Waals surface area contributed by atoms with Crippen LogP contribution in [0, 0.1) is 24.7 Å². The molecule has 0 radical (unpaired) electrons. The van der Waals surface area contributed by atoms with Gasteiger partial charge in [0.2, 0.25) is 0 Å². The highest BCUT2D eigenvalue weighted by molar-refractivity contribution is 7.99. The second-order valence-electron chi connectivity index (χ2n) is 20.5. The van der Waals surface area contributed by atoms with Crippen molar-refractivity contribution in [2.45, 2.75) is 180 Å². The topological polar surface area (TPSA) is 112 Å². The summed E-state index contributed by atoms with van der Waals surface area (Å²) in [6, 6.07) is 8.08. The molecular formula is C43H68N4O4S. The van der Waals surface area contributed by atoms with Crippen LogP contribution < -0.4 is 26.0 Å². The van der Waals surface area contributed by atoms with Gasteiger partial charge in [-0.3, -0.25) is 0 Å². The number of phenols is 1. The fraction of sp³-hybridized carbons (Fsp3) is 0.674. The number of rotatable bonds is 7. The van der Waals surface area contributed by atoms with Crippen molar-refractivity contribution in [1.82, 2.24) is 21.3 Å². The number of nitrogens with one attached hydrogen (secondary N) is 4. The molecule has 2 fully saturated rings. The van der Waals surface area contributed by atoms with Crippen molar-refractivity contribution in [3.8, 4) is 11.5 Å². The first-order valence-corrected chi connectivity index (χ1v) is 19.9. The highest BCUT2D eigenvalue weighted by Gasteiger charge is 2.43. The van der Waals surface area contributed by atoms with Crippen LogP contribution in [0.15, 0.2) is 34.1 Å². The number of phenolic OH excluding ortho intramolecular Hbond substituents is 1. The van der Waals surface area contributed by atoms with Crippen LogP contribution in [0.3, 0.4) is 0 Å². The molecule has 1 heterocycles. The maximum atomic E-state index is 13.7. The first kappa shape index (κ1) is 41.8. The van der Waals surface area contributed by atoms with Crippen LogP contribution in [0.1, 0.15) is 144 Å². The van der Waals surface area contributed by atoms with Gasteiger partial charge in [-0.2, -0.15) is 0 Å². The zero-order valence-corrected chi connectivity index (χ0v) is 35.6. The number of carbonyl (C=O) groups excluding carboxylic acids is 2. The van der Waals surface area contributed by atoms with E-state index in [-0.39, 0.29) is 56.6 Å². The van der Waals surface area contributed by atoms with Gasteiger partial charge in [-0.15, -0.1) is 0 Å². The number of urea groups is 1. The predicted octanol–water partition coefficient (Wildman–Crippen LogP) is 10.0. The van der Waals surface area contributed by atoms with Crippen LogP contribution in [0.5, 0.6) is 11.5 Å². The Hall–Kier alpha value is -2.91. The van der Waals surface area contributed by atoms with E-state index < -0.39 is 6.09 Å². The maximum absolute atomic E-state index is 13.7. The van der Waals surface area contributed by atoms with Gasteiger partial charge in [-0.1, -0.05) is 86.2 Å². The first-order chi connectivity index (χ1) is 23.6. The smallest absolute Gasteiger partial charge is 0.412 e. The largest absolute Gasteiger partial charge is 0.506 e. The van der Waals surface area contributed by atoms with E-state index >= 15 is 0 Å². The Morgan fingerprint density at radius 3 is 1.83 bits per heavy atom. The SMILES string of the molecule is Cc1cc(Sc2cc(C)cc(C(C)(C)C)c2OC(=O)NCC2(C)CC(NC(=O)NC3CC(C)(C)NC(C)(C)C3)CC(C)(C)C2)c(O)c(C(C)(C)C)c1. The molecule has 8 nitrogen and oxygen atoms in total. The van der Waals surface area contributed by atoms with E-state index in [1.165, 1.54) is 11.8 Å². The van der Waals surface area contributed by atoms with Crippen LogP contribution in [0.25, 0.3) is 0 Å². The van der Waals surface area contributed by atoms with E-state index in [1.54, 1.807) is 0 Å². The third-order valence-corrected chi connectivity index (χ3v) is 11.5. The van der Waals surface area contributed by atoms with Crippen molar-refractivity contribution in [2.24, 2.45) is 10.8 Å². The van der Waals surface area contributed by atoms with Gasteiger partial charge in [-0.25, -0.2) is 9.59 Å². The summed E-state index contributed by atoms with van der Waals surface area (Å²) in [6.45, 7) is 32.6. The summed E-state index contributed by atoms with van der Waals surface area (Å²) in [5, 5.41) is 24.8. The minimum absolute atomic E-state index is 0.0260. The van der Waals surface area contributed by atoms with E-state index in [0.717, 1.165) is 64.1 Å². The number of carbonyl (C=O) groups is 2. The number of amides is 3. The van der Waals surface area contributed by atoms with Crippen LogP contribution >= 0.6 is 11.8 Å². The molecule has 2 aromatic carbocycles. The molecule has 2 unspecified atom stereocenters. The molecule has 1 saturated carbocycles. The molecule has 0 aromatic heterocycles. The number of benzene rings is 2. The van der Waals surface area contributed by atoms with Crippen molar-refractivity contribution >= 4 is 23.9 Å². The monoisotopic (exact) mass is 736 g/mol. The third kappa shape index (κ3) is 11.1. The van der Waals surface area contributed by atoms with E-state index in [1.807, 2.05) is 32.0 Å². The molecule has 4 rings (SSSR count). The molecule has 290 valence electrons. The minimum atomic E-state index is -0.511. The summed E-state index contributed by atoms with van der Waals surface area (Å²) in [4.78, 5) is 28.6. The number of hydrogen-bond donors (Lipinski definition) is 5. The molecule has 1 saturated heterocycles. The Bertz CT molecular complexity index is 1640. The number of hydrogen-bond acceptors (Lipinski definition) is 6. The zero-order valence-electron chi connectivity index (χ0n) is 34.8. The van der Waals surface area contributed by atoms with Gasteiger partial charge in [0.1, 0.15) is 11.5 Å². The summed E-state index contributed by atoms with van der Waals surface area (Å²) in [6.07, 6.45) is 3.74. The number of piperidine rings is 1. The number of aryl methyl sites for hydroxylation is 2. The molecular weight excluding hydrogens is 669 g/mol. The van der Waals surface area contributed by atoms with E-state index in [9.17, 15) is 14.7 Å². The minimum Gasteiger partial charge on any atom is -0.506 e. The average molecular weight is 737 g/mol. The Morgan fingerprint density at radius 1 is 0.788 bits per heavy atom. The zero-order chi connectivity index (χ0) is 39.2. The van der Waals surface area contributed by atoms with Crippen molar-refractivity contribution in [3.05, 3.63) is 46.5 Å². The lowest BCUT2D eigenvalue weighted by molar-refractivity contribution is 0.0722. The summed E-state index contributed by atoms with van der Waals surface area (Å²) in [5.74, 6) is 0.763. The lowest BCUT2D eigenvalue weighted by Gasteiger charge is -2.48. The standard InChI is InChI=1S/C43H68N4O4S/c1-26-16-30(38(3,4)5)34(48)32(18-26)52-33-19-27(2)17-31(39(6,7)8)35(33)51-37(50)44-25-43(15)23-28(20-40(9,10)24-43)45-36(49)46-29-21-41(11,12)47-42(13,14)22-29/h16-19,28-29,47-48H,20-25H2,1-15H3,(H,44,50)(H2,45,46,49). The predicted molar refractivity (Wildman–Crippen MR) is 215 cm³/mol. The lowest BCUT2D eigenvalue weighted by atomic mass is 9.62. The van der Waals surface area contributed by atoms with Gasteiger partial charge >= 0.3 is 12.1 Å². The molecule has 2 aromatic rings. The van der Waals surface area contributed by atoms with Crippen LogP contribution in [0.2, 0.25) is 0 Å². The highest BCUT2D eigenvalue weighted by Crippen LogP contribution is 2.48. The molecule has 2 atom stereocenters. The summed E-state index contributed by atoms with van der Waals surface area (Å²) in [7, 11) is 0. The quantitative estimate of drug-likeness (QED) is 0.194. The molecule has 1 aliphatic heterocycles. The lowest BCUT2D eigenvalue weighted by Crippen LogP contribution is -2.63. The molecule has 1 aliphatic carbocycles. The normalized spacial score (nSPS) is 23.1. The van der Waals surface area contributed by atoms with E-state index in [2.05, 4.69) is 117 Å². The molecule has 2 aliphatic rings. The van der Waals surface area contributed by atoms with Gasteiger partial charge in [0.15, 0.2) is 0 Å². The molecule has 0 spiro atoms. The van der Waals surface area contributed by atoms with Crippen molar-refractivity contribution in [1.29, 1.82) is 0 Å². The number of aromatic hydroxyl groups is 1. The second-order valence-corrected chi connectivity index (χ2v) is 21.6. The Morgan fingerprint density at radius 2 is 1.29 bits per heavy atom. The Labute approximate surface area is 318 Å². The molecule has 0 bridgehead atoms. The van der Waals surface area contributed by atoms with Crippen molar-refractivity contribution < 1.29 is 19.4 Å². The summed E-state index contributed by atoms with van der Waals surface area (Å²) >= 11 is 1.43. The third-order valence-electron chi connectivity index (χ3n) is 10.4. The van der Waals surface area contributed by atoms with Gasteiger partial charge in [-0.05, 0) is 119 Å². The number of ether oxygens (including phenoxy) is 1. The summed E-state index contributed by atoms with van der Waals surface area (Å²) in [5.41, 5.74) is 2.96. The van der Waals surface area contributed by atoms with Gasteiger partial charge in [0.25, 0.3) is 0 Å². The second kappa shape index (κ2) is 14.7. The van der Waals surface area contributed by atoms with Crippen molar-refractivity contribution in [3.63, 3.8) is 0 Å². The fourth-order valence-corrected chi connectivity index (χ4v) is 10.3.